The van der Waals surface area contributed by atoms with Gasteiger partial charge in [0.15, 0.2) is 5.82 Å². The third-order valence-corrected chi connectivity index (χ3v) is 3.82. The summed E-state index contributed by atoms with van der Waals surface area (Å²) >= 11 is 0. The number of aromatic nitrogens is 2. The molecular weight excluding hydrogens is 352 g/mol. The van der Waals surface area contributed by atoms with E-state index in [1.165, 1.54) is 7.11 Å². The van der Waals surface area contributed by atoms with E-state index in [1.54, 1.807) is 18.2 Å². The first-order valence-corrected chi connectivity index (χ1v) is 9.02. The molecule has 0 aliphatic heterocycles. The summed E-state index contributed by atoms with van der Waals surface area (Å²) in [5, 5.41) is 6.65. The van der Waals surface area contributed by atoms with Crippen molar-refractivity contribution in [3.8, 4) is 11.4 Å². The molecule has 6 heteroatoms. The molecule has 0 atom stereocenters. The zero-order valence-electron chi connectivity index (χ0n) is 16.5. The average molecular weight is 376 g/mol. The van der Waals surface area contributed by atoms with E-state index in [-0.39, 0.29) is 11.5 Å². The number of methoxy groups -OCH3 is 1. The lowest BCUT2D eigenvalue weighted by Gasteiger charge is -2.22. The van der Waals surface area contributed by atoms with Crippen molar-refractivity contribution in [3.05, 3.63) is 66.2 Å². The van der Waals surface area contributed by atoms with E-state index in [1.807, 2.05) is 42.5 Å². The molecule has 0 bridgehead atoms. The molecule has 3 aromatic rings. The maximum atomic E-state index is 11.8. The second-order valence-electron chi connectivity index (χ2n) is 7.40. The van der Waals surface area contributed by atoms with Crippen LogP contribution in [0.5, 0.6) is 0 Å². The minimum atomic E-state index is -0.383. The van der Waals surface area contributed by atoms with Gasteiger partial charge in [0, 0.05) is 22.9 Å². The molecule has 0 amide bonds. The molecule has 3 rings (SSSR count). The molecule has 0 saturated carbocycles. The summed E-state index contributed by atoms with van der Waals surface area (Å²) < 4.78 is 4.79. The topological polar surface area (TPSA) is 76.1 Å². The van der Waals surface area contributed by atoms with Crippen molar-refractivity contribution in [3.63, 3.8) is 0 Å². The minimum Gasteiger partial charge on any atom is -0.465 e. The van der Waals surface area contributed by atoms with Crippen LogP contribution in [0.15, 0.2) is 60.7 Å². The van der Waals surface area contributed by atoms with E-state index >= 15 is 0 Å². The average Bonchev–Trinajstić information content (AvgIpc) is 2.66. The highest BCUT2D eigenvalue weighted by molar-refractivity contribution is 5.90. The van der Waals surface area contributed by atoms with Crippen LogP contribution in [0.1, 0.15) is 31.1 Å². The Bertz CT molecular complexity index is 966. The lowest BCUT2D eigenvalue weighted by atomic mass is 10.1. The fraction of sp³-hybridized carbons (Fsp3) is 0.227. The predicted octanol–water partition coefficient (Wildman–Crippen LogP) is 4.88. The summed E-state index contributed by atoms with van der Waals surface area (Å²) in [5.74, 6) is 1.57. The van der Waals surface area contributed by atoms with Gasteiger partial charge in [-0.3, -0.25) is 0 Å². The van der Waals surface area contributed by atoms with Crippen LogP contribution in [0.25, 0.3) is 11.4 Å². The van der Waals surface area contributed by atoms with Crippen molar-refractivity contribution >= 4 is 23.3 Å². The standard InChI is InChI=1S/C22H24N4O2/c1-22(2,3)26-19-14-18(24-20(25-19)15-9-6-5-7-10-15)23-17-12-8-11-16(13-17)21(27)28-4/h5-14H,1-4H3,(H2,23,24,25,26). The molecule has 2 N–H and O–H groups in total. The first-order chi connectivity index (χ1) is 13.3. The molecule has 0 spiro atoms. The van der Waals surface area contributed by atoms with Gasteiger partial charge in [0.2, 0.25) is 0 Å². The van der Waals surface area contributed by atoms with Crippen LogP contribution in [0, 0.1) is 0 Å². The van der Waals surface area contributed by atoms with Crippen molar-refractivity contribution in [2.45, 2.75) is 26.3 Å². The molecule has 0 fully saturated rings. The second-order valence-corrected chi connectivity index (χ2v) is 7.40. The maximum Gasteiger partial charge on any atom is 0.337 e. The van der Waals surface area contributed by atoms with Gasteiger partial charge in [-0.25, -0.2) is 14.8 Å². The number of hydrogen-bond acceptors (Lipinski definition) is 6. The van der Waals surface area contributed by atoms with E-state index in [0.29, 0.717) is 23.0 Å². The van der Waals surface area contributed by atoms with Crippen molar-refractivity contribution < 1.29 is 9.53 Å². The van der Waals surface area contributed by atoms with Crippen LogP contribution in [0.4, 0.5) is 17.3 Å². The highest BCUT2D eigenvalue weighted by atomic mass is 16.5. The Labute approximate surface area is 165 Å². The van der Waals surface area contributed by atoms with Crippen molar-refractivity contribution in [2.24, 2.45) is 0 Å². The van der Waals surface area contributed by atoms with Gasteiger partial charge in [0.05, 0.1) is 12.7 Å². The number of benzene rings is 2. The first kappa shape index (κ1) is 19.4. The van der Waals surface area contributed by atoms with Gasteiger partial charge in [-0.15, -0.1) is 0 Å². The highest BCUT2D eigenvalue weighted by Crippen LogP contribution is 2.24. The molecule has 0 aliphatic rings. The summed E-state index contributed by atoms with van der Waals surface area (Å²) in [7, 11) is 1.36. The number of esters is 1. The molecule has 6 nitrogen and oxygen atoms in total. The second kappa shape index (κ2) is 8.08. The Hall–Kier alpha value is -3.41. The number of hydrogen-bond donors (Lipinski definition) is 2. The Kier molecular flexibility index (Phi) is 5.59. The van der Waals surface area contributed by atoms with E-state index < -0.39 is 0 Å². The SMILES string of the molecule is COC(=O)c1cccc(Nc2cc(NC(C)(C)C)nc(-c3ccccc3)n2)c1. The van der Waals surface area contributed by atoms with Crippen molar-refractivity contribution in [1.82, 2.24) is 9.97 Å². The monoisotopic (exact) mass is 376 g/mol. The molecule has 144 valence electrons. The molecule has 28 heavy (non-hydrogen) atoms. The molecule has 1 heterocycles. The van der Waals surface area contributed by atoms with Crippen LogP contribution in [-0.4, -0.2) is 28.6 Å². The molecule has 0 unspecified atom stereocenters. The Morgan fingerprint density at radius 2 is 1.64 bits per heavy atom. The summed E-state index contributed by atoms with van der Waals surface area (Å²) in [6.07, 6.45) is 0. The zero-order valence-corrected chi connectivity index (χ0v) is 16.5. The lowest BCUT2D eigenvalue weighted by molar-refractivity contribution is 0.0601. The zero-order chi connectivity index (χ0) is 20.1. The maximum absolute atomic E-state index is 11.8. The third kappa shape index (κ3) is 5.07. The molecule has 2 aromatic carbocycles. The Morgan fingerprint density at radius 1 is 0.929 bits per heavy atom. The van der Waals surface area contributed by atoms with Crippen molar-refractivity contribution in [2.75, 3.05) is 17.7 Å². The largest absolute Gasteiger partial charge is 0.465 e. The minimum absolute atomic E-state index is 0.148. The highest BCUT2D eigenvalue weighted by Gasteiger charge is 2.14. The summed E-state index contributed by atoms with van der Waals surface area (Å²) in [6, 6.07) is 18.8. The van der Waals surface area contributed by atoms with Gasteiger partial charge in [0.1, 0.15) is 11.6 Å². The fourth-order valence-electron chi connectivity index (χ4n) is 2.67. The number of nitrogens with one attached hydrogen (secondary N) is 2. The van der Waals surface area contributed by atoms with Gasteiger partial charge in [0.25, 0.3) is 0 Å². The third-order valence-electron chi connectivity index (χ3n) is 3.82. The number of carbonyl (C=O) groups excluding carboxylic acids is 1. The summed E-state index contributed by atoms with van der Waals surface area (Å²) in [6.45, 7) is 6.22. The van der Waals surface area contributed by atoms with Gasteiger partial charge < -0.3 is 15.4 Å². The Balaban J connectivity index is 1.98. The van der Waals surface area contributed by atoms with Crippen LogP contribution in [0.3, 0.4) is 0 Å². The van der Waals surface area contributed by atoms with Crippen LogP contribution >= 0.6 is 0 Å². The van der Waals surface area contributed by atoms with Gasteiger partial charge in [-0.2, -0.15) is 0 Å². The summed E-state index contributed by atoms with van der Waals surface area (Å²) in [4.78, 5) is 21.1. The van der Waals surface area contributed by atoms with Crippen molar-refractivity contribution in [1.29, 1.82) is 0 Å². The Morgan fingerprint density at radius 3 is 2.32 bits per heavy atom. The molecule has 0 radical (unpaired) electrons. The number of nitrogens with zero attached hydrogens (tertiary/aromatic N) is 2. The van der Waals surface area contributed by atoms with Crippen LogP contribution in [-0.2, 0) is 4.74 Å². The van der Waals surface area contributed by atoms with Crippen LogP contribution < -0.4 is 10.6 Å². The number of carbonyl (C=O) groups is 1. The van der Waals surface area contributed by atoms with E-state index in [2.05, 4.69) is 41.4 Å². The van der Waals surface area contributed by atoms with E-state index in [9.17, 15) is 4.79 Å². The van der Waals surface area contributed by atoms with Gasteiger partial charge in [-0.05, 0) is 39.0 Å². The quantitative estimate of drug-likeness (QED) is 0.618. The van der Waals surface area contributed by atoms with E-state index in [4.69, 9.17) is 4.74 Å². The molecule has 0 aliphatic carbocycles. The number of ether oxygens (including phenoxy) is 1. The molecular formula is C22H24N4O2. The normalized spacial score (nSPS) is 11.0. The van der Waals surface area contributed by atoms with Gasteiger partial charge in [-0.1, -0.05) is 36.4 Å². The predicted molar refractivity (Wildman–Crippen MR) is 112 cm³/mol. The molecule has 0 saturated heterocycles. The van der Waals surface area contributed by atoms with Gasteiger partial charge >= 0.3 is 5.97 Å². The smallest absolute Gasteiger partial charge is 0.337 e. The van der Waals surface area contributed by atoms with Crippen LogP contribution in [0.2, 0.25) is 0 Å². The lowest BCUT2D eigenvalue weighted by Crippen LogP contribution is -2.26. The first-order valence-electron chi connectivity index (χ1n) is 9.02. The number of anilines is 3. The van der Waals surface area contributed by atoms with E-state index in [0.717, 1.165) is 11.3 Å². The summed E-state index contributed by atoms with van der Waals surface area (Å²) in [5.41, 5.74) is 1.98. The fourth-order valence-corrected chi connectivity index (χ4v) is 2.67. The molecule has 1 aromatic heterocycles. The number of rotatable bonds is 5.